The van der Waals surface area contributed by atoms with Gasteiger partial charge in [-0.25, -0.2) is 4.79 Å². The number of carbonyl (C=O) groups is 1. The van der Waals surface area contributed by atoms with Crippen molar-refractivity contribution >= 4 is 32.8 Å². The number of aromatic carboxylic acids is 1. The van der Waals surface area contributed by atoms with Crippen LogP contribution < -0.4 is 4.74 Å². The van der Waals surface area contributed by atoms with Crippen LogP contribution in [0.3, 0.4) is 0 Å². The van der Waals surface area contributed by atoms with E-state index in [0.717, 1.165) is 5.39 Å². The molecule has 0 bridgehead atoms. The number of aromatic nitrogens is 1. The lowest BCUT2D eigenvalue weighted by Crippen LogP contribution is -1.96. The largest absolute Gasteiger partial charge is 0.495 e. The number of methoxy groups -OCH3 is 1. The van der Waals surface area contributed by atoms with Crippen molar-refractivity contribution in [1.29, 1.82) is 0 Å². The fourth-order valence-electron chi connectivity index (χ4n) is 1.47. The molecule has 2 aromatic rings. The van der Waals surface area contributed by atoms with Gasteiger partial charge in [0, 0.05) is 5.39 Å². The summed E-state index contributed by atoms with van der Waals surface area (Å²) in [6, 6.07) is 5.41. The minimum atomic E-state index is -1.000. The fourth-order valence-corrected chi connectivity index (χ4v) is 2.07. The number of carboxylic acids is 1. The van der Waals surface area contributed by atoms with E-state index >= 15 is 0 Å². The van der Waals surface area contributed by atoms with E-state index in [1.807, 2.05) is 12.1 Å². The normalized spacial score (nSPS) is 10.5. The van der Waals surface area contributed by atoms with Gasteiger partial charge in [-0.1, -0.05) is 12.1 Å². The second-order valence-corrected chi connectivity index (χ2v) is 3.79. The van der Waals surface area contributed by atoms with Crippen molar-refractivity contribution in [2.24, 2.45) is 0 Å². The molecule has 0 atom stereocenters. The Kier molecular flexibility index (Phi) is 2.40. The minimum absolute atomic E-state index is 0.134. The summed E-state index contributed by atoms with van der Waals surface area (Å²) in [5.41, 5.74) is 0.818. The summed E-state index contributed by atoms with van der Waals surface area (Å²) in [5, 5.41) is 9.73. The highest BCUT2D eigenvalue weighted by Gasteiger charge is 2.16. The molecule has 1 aromatic heterocycles. The molecule has 0 aliphatic carbocycles. The van der Waals surface area contributed by atoms with Crippen LogP contribution in [0.5, 0.6) is 5.75 Å². The Balaban J connectivity index is 2.81. The number of nitrogens with one attached hydrogen (secondary N) is 1. The zero-order chi connectivity index (χ0) is 11.0. The molecule has 0 spiro atoms. The number of hydrogen-bond donors (Lipinski definition) is 2. The molecule has 4 nitrogen and oxygen atoms in total. The van der Waals surface area contributed by atoms with Crippen LogP contribution in [0.2, 0.25) is 0 Å². The Bertz CT molecular complexity index is 533. The summed E-state index contributed by atoms with van der Waals surface area (Å²) in [6.45, 7) is 0. The number of para-hydroxylation sites is 1. The Hall–Kier alpha value is -1.49. The highest BCUT2D eigenvalue weighted by Crippen LogP contribution is 2.33. The van der Waals surface area contributed by atoms with E-state index < -0.39 is 5.97 Å². The number of hydrogen-bond acceptors (Lipinski definition) is 2. The van der Waals surface area contributed by atoms with E-state index in [4.69, 9.17) is 9.84 Å². The van der Waals surface area contributed by atoms with Crippen LogP contribution in [0.1, 0.15) is 10.5 Å². The van der Waals surface area contributed by atoms with Gasteiger partial charge in [-0.2, -0.15) is 0 Å². The van der Waals surface area contributed by atoms with E-state index in [1.165, 1.54) is 0 Å². The molecule has 15 heavy (non-hydrogen) atoms. The van der Waals surface area contributed by atoms with Gasteiger partial charge in [-0.15, -0.1) is 0 Å². The van der Waals surface area contributed by atoms with Crippen LogP contribution in [-0.2, 0) is 0 Å². The SMILES string of the molecule is COc1cccc2c(Br)c(C(=O)O)[nH]c12. The van der Waals surface area contributed by atoms with E-state index in [2.05, 4.69) is 20.9 Å². The van der Waals surface area contributed by atoms with Crippen molar-refractivity contribution in [3.05, 3.63) is 28.4 Å². The van der Waals surface area contributed by atoms with Crippen molar-refractivity contribution < 1.29 is 14.6 Å². The Morgan fingerprint density at radius 1 is 1.53 bits per heavy atom. The first-order valence-corrected chi connectivity index (χ1v) is 5.02. The maximum atomic E-state index is 10.9. The summed E-state index contributed by atoms with van der Waals surface area (Å²) in [6.07, 6.45) is 0. The van der Waals surface area contributed by atoms with E-state index in [0.29, 0.717) is 15.7 Å². The molecular weight excluding hydrogens is 262 g/mol. The van der Waals surface area contributed by atoms with Gasteiger partial charge in [0.25, 0.3) is 0 Å². The monoisotopic (exact) mass is 269 g/mol. The quantitative estimate of drug-likeness (QED) is 0.881. The predicted octanol–water partition coefficient (Wildman–Crippen LogP) is 2.64. The fraction of sp³-hybridized carbons (Fsp3) is 0.100. The molecule has 0 amide bonds. The highest BCUT2D eigenvalue weighted by atomic mass is 79.9. The number of ether oxygens (including phenoxy) is 1. The molecule has 0 fully saturated rings. The van der Waals surface area contributed by atoms with E-state index in [1.54, 1.807) is 13.2 Å². The Morgan fingerprint density at radius 2 is 2.27 bits per heavy atom. The van der Waals surface area contributed by atoms with E-state index in [-0.39, 0.29) is 5.69 Å². The second-order valence-electron chi connectivity index (χ2n) is 3.00. The number of aromatic amines is 1. The van der Waals surface area contributed by atoms with Crippen molar-refractivity contribution in [1.82, 2.24) is 4.98 Å². The van der Waals surface area contributed by atoms with Crippen molar-refractivity contribution in [3.8, 4) is 5.75 Å². The van der Waals surface area contributed by atoms with Gasteiger partial charge in [0.05, 0.1) is 17.1 Å². The van der Waals surface area contributed by atoms with Crippen molar-refractivity contribution in [2.75, 3.05) is 7.11 Å². The third kappa shape index (κ3) is 1.48. The molecule has 78 valence electrons. The molecule has 0 saturated carbocycles. The van der Waals surface area contributed by atoms with Crippen LogP contribution in [0.25, 0.3) is 10.9 Å². The molecule has 2 rings (SSSR count). The maximum absolute atomic E-state index is 10.9. The van der Waals surface area contributed by atoms with E-state index in [9.17, 15) is 4.79 Å². The average molecular weight is 270 g/mol. The standard InChI is InChI=1S/C10H8BrNO3/c1-15-6-4-2-3-5-7(11)9(10(13)14)12-8(5)6/h2-4,12H,1H3,(H,13,14). The second kappa shape index (κ2) is 3.58. The van der Waals surface area contributed by atoms with Gasteiger partial charge >= 0.3 is 5.97 Å². The van der Waals surface area contributed by atoms with Crippen LogP contribution in [0.4, 0.5) is 0 Å². The summed E-state index contributed by atoms with van der Waals surface area (Å²) >= 11 is 3.25. The first kappa shape index (κ1) is 10.0. The van der Waals surface area contributed by atoms with Crippen LogP contribution in [0, 0.1) is 0 Å². The summed E-state index contributed by atoms with van der Waals surface area (Å²) in [4.78, 5) is 13.7. The van der Waals surface area contributed by atoms with Gasteiger partial charge in [0.1, 0.15) is 11.4 Å². The molecule has 0 unspecified atom stereocenters. The maximum Gasteiger partial charge on any atom is 0.353 e. The lowest BCUT2D eigenvalue weighted by Gasteiger charge is -1.99. The average Bonchev–Trinajstić information content (AvgIpc) is 2.56. The molecule has 5 heteroatoms. The topological polar surface area (TPSA) is 62.3 Å². The van der Waals surface area contributed by atoms with Crippen LogP contribution in [-0.4, -0.2) is 23.2 Å². The molecule has 0 aliphatic heterocycles. The molecular formula is C10H8BrNO3. The number of halogens is 1. The van der Waals surface area contributed by atoms with Gasteiger partial charge in [0.15, 0.2) is 0 Å². The van der Waals surface area contributed by atoms with Gasteiger partial charge < -0.3 is 14.8 Å². The number of rotatable bonds is 2. The highest BCUT2D eigenvalue weighted by molar-refractivity contribution is 9.10. The van der Waals surface area contributed by atoms with Gasteiger partial charge in [0.2, 0.25) is 0 Å². The minimum Gasteiger partial charge on any atom is -0.495 e. The van der Waals surface area contributed by atoms with Crippen LogP contribution in [0.15, 0.2) is 22.7 Å². The molecule has 0 radical (unpaired) electrons. The lowest BCUT2D eigenvalue weighted by molar-refractivity contribution is 0.0690. The van der Waals surface area contributed by atoms with Crippen molar-refractivity contribution in [2.45, 2.75) is 0 Å². The lowest BCUT2D eigenvalue weighted by atomic mass is 10.2. The molecule has 0 saturated heterocycles. The zero-order valence-corrected chi connectivity index (χ0v) is 9.46. The van der Waals surface area contributed by atoms with Crippen LogP contribution >= 0.6 is 15.9 Å². The predicted molar refractivity (Wildman–Crippen MR) is 59.5 cm³/mol. The van der Waals surface area contributed by atoms with Gasteiger partial charge in [-0.3, -0.25) is 0 Å². The third-order valence-electron chi connectivity index (χ3n) is 2.17. The molecule has 0 aliphatic rings. The molecule has 1 heterocycles. The molecule has 1 aromatic carbocycles. The summed E-state index contributed by atoms with van der Waals surface area (Å²) in [5.74, 6) is -0.374. The number of fused-ring (bicyclic) bond motifs is 1. The number of benzene rings is 1. The Morgan fingerprint density at radius 3 is 2.87 bits per heavy atom. The molecule has 2 N–H and O–H groups in total. The smallest absolute Gasteiger partial charge is 0.353 e. The first-order chi connectivity index (χ1) is 7.15. The van der Waals surface area contributed by atoms with Crippen molar-refractivity contribution in [3.63, 3.8) is 0 Å². The zero-order valence-electron chi connectivity index (χ0n) is 7.87. The summed E-state index contributed by atoms with van der Waals surface area (Å²) in [7, 11) is 1.55. The number of carboxylic acid groups (broad SMARTS) is 1. The first-order valence-electron chi connectivity index (χ1n) is 4.22. The van der Waals surface area contributed by atoms with Gasteiger partial charge in [-0.05, 0) is 22.0 Å². The Labute approximate surface area is 94.0 Å². The third-order valence-corrected chi connectivity index (χ3v) is 2.99. The summed E-state index contributed by atoms with van der Waals surface area (Å²) < 4.78 is 5.68. The number of H-pyrrole nitrogens is 1.